The highest BCUT2D eigenvalue weighted by Gasteiger charge is 2.13. The third kappa shape index (κ3) is 4.15. The number of hydrogen-bond acceptors (Lipinski definition) is 4. The second kappa shape index (κ2) is 7.93. The molecule has 1 amide bonds. The number of rotatable bonds is 5. The number of benzene rings is 2. The Balaban J connectivity index is 1.57. The molecule has 26 heavy (non-hydrogen) atoms. The van der Waals surface area contributed by atoms with E-state index < -0.39 is 17.7 Å². The molecule has 0 aliphatic heterocycles. The molecule has 3 aromatic rings. The number of nitrogens with one attached hydrogen (secondary N) is 1. The van der Waals surface area contributed by atoms with Gasteiger partial charge in [0.2, 0.25) is 0 Å². The van der Waals surface area contributed by atoms with Gasteiger partial charge in [-0.2, -0.15) is 0 Å². The van der Waals surface area contributed by atoms with Crippen LogP contribution in [-0.4, -0.2) is 23.4 Å². The summed E-state index contributed by atoms with van der Waals surface area (Å²) in [6, 6.07) is 14.7. The number of esters is 1. The van der Waals surface area contributed by atoms with Gasteiger partial charge in [0.05, 0.1) is 11.1 Å². The molecule has 7 heteroatoms. The van der Waals surface area contributed by atoms with Crippen molar-refractivity contribution in [1.29, 1.82) is 0 Å². The van der Waals surface area contributed by atoms with Gasteiger partial charge in [-0.15, -0.1) is 0 Å². The van der Waals surface area contributed by atoms with E-state index >= 15 is 0 Å². The van der Waals surface area contributed by atoms with Gasteiger partial charge in [0.25, 0.3) is 5.91 Å². The highest BCUT2D eigenvalue weighted by molar-refractivity contribution is 6.30. The van der Waals surface area contributed by atoms with Gasteiger partial charge in [-0.3, -0.25) is 9.59 Å². The second-order valence-corrected chi connectivity index (χ2v) is 5.81. The second-order valence-electron chi connectivity index (χ2n) is 5.45. The summed E-state index contributed by atoms with van der Waals surface area (Å²) in [5.74, 6) is -2.02. The number of hydrogen-bond donors (Lipinski definition) is 1. The van der Waals surface area contributed by atoms with Crippen LogP contribution in [0.2, 0.25) is 5.15 Å². The number of halogens is 2. The van der Waals surface area contributed by atoms with Gasteiger partial charge in [0.1, 0.15) is 24.1 Å². The molecule has 0 radical (unpaired) electrons. The van der Waals surface area contributed by atoms with Crippen molar-refractivity contribution in [2.45, 2.75) is 6.61 Å². The van der Waals surface area contributed by atoms with Crippen LogP contribution in [0.3, 0.4) is 0 Å². The Kier molecular flexibility index (Phi) is 5.43. The van der Waals surface area contributed by atoms with E-state index in [1.165, 1.54) is 24.3 Å². The van der Waals surface area contributed by atoms with Crippen LogP contribution in [0.15, 0.2) is 54.6 Å². The molecule has 0 aliphatic carbocycles. The highest BCUT2D eigenvalue weighted by atomic mass is 35.5. The maximum absolute atomic E-state index is 13.5. The average Bonchev–Trinajstić information content (AvgIpc) is 2.64. The summed E-state index contributed by atoms with van der Waals surface area (Å²) in [5, 5.41) is 3.43. The first-order chi connectivity index (χ1) is 12.5. The Morgan fingerprint density at radius 2 is 1.85 bits per heavy atom. The fourth-order valence-corrected chi connectivity index (χ4v) is 2.54. The van der Waals surface area contributed by atoms with Crippen LogP contribution in [0.1, 0.15) is 15.9 Å². The first-order valence-electron chi connectivity index (χ1n) is 7.77. The number of ether oxygens (including phenoxy) is 1. The van der Waals surface area contributed by atoms with Crippen molar-refractivity contribution < 1.29 is 18.7 Å². The Morgan fingerprint density at radius 1 is 1.12 bits per heavy atom. The molecule has 0 unspecified atom stereocenters. The standard InChI is InChI=1S/C19H14ClFN2O3/c20-18-13(9-12-5-1-4-8-16(12)23-18)11-26-17(24)10-22-19(25)14-6-2-3-7-15(14)21/h1-9H,10-11H2,(H,22,25). The van der Waals surface area contributed by atoms with E-state index in [1.807, 2.05) is 24.3 Å². The molecule has 5 nitrogen and oxygen atoms in total. The zero-order chi connectivity index (χ0) is 18.5. The summed E-state index contributed by atoms with van der Waals surface area (Å²) in [5.41, 5.74) is 1.16. The van der Waals surface area contributed by atoms with Crippen molar-refractivity contribution in [3.05, 3.63) is 76.7 Å². The lowest BCUT2D eigenvalue weighted by atomic mass is 10.2. The fraction of sp³-hybridized carbons (Fsp3) is 0.105. The number of amides is 1. The summed E-state index contributed by atoms with van der Waals surface area (Å²) >= 11 is 6.10. The fourth-order valence-electron chi connectivity index (χ4n) is 2.34. The number of fused-ring (bicyclic) bond motifs is 1. The molecule has 1 N–H and O–H groups in total. The van der Waals surface area contributed by atoms with Gasteiger partial charge in [0, 0.05) is 10.9 Å². The average molecular weight is 373 g/mol. The van der Waals surface area contributed by atoms with Gasteiger partial charge in [0.15, 0.2) is 0 Å². The minimum Gasteiger partial charge on any atom is -0.459 e. The van der Waals surface area contributed by atoms with Crippen molar-refractivity contribution >= 4 is 34.4 Å². The molecule has 0 aliphatic rings. The van der Waals surface area contributed by atoms with E-state index in [0.29, 0.717) is 5.56 Å². The van der Waals surface area contributed by atoms with E-state index in [0.717, 1.165) is 10.9 Å². The third-order valence-corrected chi connectivity index (χ3v) is 3.98. The molecule has 0 saturated heterocycles. The Morgan fingerprint density at radius 3 is 2.65 bits per heavy atom. The van der Waals surface area contributed by atoms with Crippen LogP contribution in [0.25, 0.3) is 10.9 Å². The smallest absolute Gasteiger partial charge is 0.325 e. The number of carbonyl (C=O) groups is 2. The predicted octanol–water partition coefficient (Wildman–Crippen LogP) is 3.50. The van der Waals surface area contributed by atoms with Crippen molar-refractivity contribution in [2.75, 3.05) is 6.54 Å². The lowest BCUT2D eigenvalue weighted by Gasteiger charge is -2.09. The van der Waals surface area contributed by atoms with Gasteiger partial charge in [-0.05, 0) is 24.3 Å². The lowest BCUT2D eigenvalue weighted by Crippen LogP contribution is -2.31. The minimum absolute atomic E-state index is 0.0783. The molecule has 0 spiro atoms. The molecular weight excluding hydrogens is 359 g/mol. The number of nitrogens with zero attached hydrogens (tertiary/aromatic N) is 1. The van der Waals surface area contributed by atoms with Crippen LogP contribution in [0.4, 0.5) is 4.39 Å². The molecule has 3 rings (SSSR count). The molecule has 1 aromatic heterocycles. The zero-order valence-corrected chi connectivity index (χ0v) is 14.3. The van der Waals surface area contributed by atoms with Gasteiger partial charge in [-0.1, -0.05) is 41.9 Å². The van der Waals surface area contributed by atoms with E-state index in [4.69, 9.17) is 16.3 Å². The molecule has 132 valence electrons. The predicted molar refractivity (Wildman–Crippen MR) is 95.3 cm³/mol. The largest absolute Gasteiger partial charge is 0.459 e. The summed E-state index contributed by atoms with van der Waals surface area (Å²) in [4.78, 5) is 27.9. The maximum Gasteiger partial charge on any atom is 0.325 e. The third-order valence-electron chi connectivity index (χ3n) is 3.65. The van der Waals surface area contributed by atoms with Gasteiger partial charge < -0.3 is 10.1 Å². The van der Waals surface area contributed by atoms with Crippen LogP contribution in [-0.2, 0) is 16.1 Å². The maximum atomic E-state index is 13.5. The molecule has 1 heterocycles. The summed E-state index contributed by atoms with van der Waals surface area (Å²) < 4.78 is 18.6. The van der Waals surface area contributed by atoms with E-state index in [-0.39, 0.29) is 23.9 Å². The highest BCUT2D eigenvalue weighted by Crippen LogP contribution is 2.21. The monoisotopic (exact) mass is 372 g/mol. The summed E-state index contributed by atoms with van der Waals surface area (Å²) in [6.07, 6.45) is 0. The van der Waals surface area contributed by atoms with Gasteiger partial charge >= 0.3 is 5.97 Å². The van der Waals surface area contributed by atoms with Gasteiger partial charge in [-0.25, -0.2) is 9.37 Å². The van der Waals surface area contributed by atoms with E-state index in [1.54, 1.807) is 6.07 Å². The molecule has 0 fully saturated rings. The first-order valence-corrected chi connectivity index (χ1v) is 8.15. The molecule has 0 saturated carbocycles. The number of aromatic nitrogens is 1. The minimum atomic E-state index is -0.689. The number of carbonyl (C=O) groups excluding carboxylic acids is 2. The first kappa shape index (κ1) is 17.8. The molecule has 0 bridgehead atoms. The van der Waals surface area contributed by atoms with Crippen LogP contribution in [0.5, 0.6) is 0 Å². The van der Waals surface area contributed by atoms with E-state index in [9.17, 15) is 14.0 Å². The number of para-hydroxylation sites is 1. The van der Waals surface area contributed by atoms with Crippen molar-refractivity contribution in [3.63, 3.8) is 0 Å². The Labute approximate surface area is 153 Å². The van der Waals surface area contributed by atoms with E-state index in [2.05, 4.69) is 10.3 Å². The quantitative estimate of drug-likeness (QED) is 0.549. The summed E-state index contributed by atoms with van der Waals surface area (Å²) in [7, 11) is 0. The zero-order valence-electron chi connectivity index (χ0n) is 13.5. The van der Waals surface area contributed by atoms with Crippen LogP contribution < -0.4 is 5.32 Å². The van der Waals surface area contributed by atoms with Crippen LogP contribution in [0, 0.1) is 5.82 Å². The Bertz CT molecular complexity index is 978. The molecule has 0 atom stereocenters. The van der Waals surface area contributed by atoms with Crippen molar-refractivity contribution in [3.8, 4) is 0 Å². The molecular formula is C19H14ClFN2O3. The Hall–Kier alpha value is -2.99. The van der Waals surface area contributed by atoms with Crippen LogP contribution >= 0.6 is 11.6 Å². The topological polar surface area (TPSA) is 68.3 Å². The SMILES string of the molecule is O=C(CNC(=O)c1ccccc1F)OCc1cc2ccccc2nc1Cl. The number of pyridine rings is 1. The molecule has 2 aromatic carbocycles. The lowest BCUT2D eigenvalue weighted by molar-refractivity contribution is -0.143. The summed E-state index contributed by atoms with van der Waals surface area (Å²) in [6.45, 7) is -0.461. The van der Waals surface area contributed by atoms with Crippen molar-refractivity contribution in [2.24, 2.45) is 0 Å². The van der Waals surface area contributed by atoms with Crippen molar-refractivity contribution in [1.82, 2.24) is 10.3 Å². The normalized spacial score (nSPS) is 10.5.